The zero-order valence-electron chi connectivity index (χ0n) is 20.0. The smallest absolute Gasteiger partial charge is 0.321 e. The topological polar surface area (TPSA) is 92.7 Å². The van der Waals surface area contributed by atoms with Gasteiger partial charge < -0.3 is 19.1 Å². The van der Waals surface area contributed by atoms with Crippen LogP contribution in [0.1, 0.15) is 29.7 Å². The van der Waals surface area contributed by atoms with Gasteiger partial charge in [0, 0.05) is 32.7 Å². The van der Waals surface area contributed by atoms with Gasteiger partial charge in [-0.15, -0.1) is 0 Å². The van der Waals surface area contributed by atoms with Crippen molar-refractivity contribution in [2.75, 3.05) is 39.6 Å². The first kappa shape index (κ1) is 23.2. The van der Waals surface area contributed by atoms with Crippen molar-refractivity contribution >= 4 is 17.8 Å². The van der Waals surface area contributed by atoms with Crippen LogP contribution in [0.3, 0.4) is 0 Å². The number of nitrogens with zero attached hydrogens (tertiary/aromatic N) is 3. The Bertz CT molecular complexity index is 1130. The molecule has 0 spiro atoms. The predicted octanol–water partition coefficient (Wildman–Crippen LogP) is 2.25. The summed E-state index contributed by atoms with van der Waals surface area (Å²) < 4.78 is 16.1. The van der Waals surface area contributed by atoms with Gasteiger partial charge in [0.1, 0.15) is 6.04 Å². The van der Waals surface area contributed by atoms with Crippen molar-refractivity contribution in [2.24, 2.45) is 10.9 Å². The molecule has 35 heavy (non-hydrogen) atoms. The fourth-order valence-corrected chi connectivity index (χ4v) is 4.64. The Labute approximate surface area is 204 Å². The van der Waals surface area contributed by atoms with Crippen LogP contribution in [-0.2, 0) is 20.9 Å². The van der Waals surface area contributed by atoms with Crippen LogP contribution in [-0.4, -0.2) is 67.2 Å². The summed E-state index contributed by atoms with van der Waals surface area (Å²) in [4.78, 5) is 35.0. The Morgan fingerprint density at radius 3 is 2.57 bits per heavy atom. The minimum absolute atomic E-state index is 0.213. The molecule has 184 valence electrons. The number of esters is 1. The van der Waals surface area contributed by atoms with Crippen molar-refractivity contribution < 1.29 is 23.8 Å². The lowest BCUT2D eigenvalue weighted by Crippen LogP contribution is -2.57. The van der Waals surface area contributed by atoms with Crippen molar-refractivity contribution in [2.45, 2.75) is 26.4 Å². The molecule has 3 heterocycles. The van der Waals surface area contributed by atoms with Crippen LogP contribution < -0.4 is 14.8 Å². The number of aliphatic imine (C=N–C) groups is 1. The lowest BCUT2D eigenvalue weighted by Gasteiger charge is -2.39. The molecule has 1 saturated heterocycles. The van der Waals surface area contributed by atoms with E-state index < -0.39 is 17.9 Å². The number of piperazine rings is 1. The molecule has 2 atom stereocenters. The molecule has 0 radical (unpaired) electrons. The van der Waals surface area contributed by atoms with Crippen LogP contribution in [0, 0.1) is 12.8 Å². The third-order valence-corrected chi connectivity index (χ3v) is 6.57. The van der Waals surface area contributed by atoms with Gasteiger partial charge in [-0.3, -0.25) is 19.8 Å². The van der Waals surface area contributed by atoms with Crippen LogP contribution in [0.25, 0.3) is 0 Å². The molecule has 1 amide bonds. The molecule has 0 bridgehead atoms. The Balaban J connectivity index is 1.29. The van der Waals surface area contributed by atoms with Gasteiger partial charge in [0.25, 0.3) is 0 Å². The molecule has 5 rings (SSSR count). The number of hydrogen-bond acceptors (Lipinski definition) is 8. The largest absolute Gasteiger partial charge is 0.465 e. The SMILES string of the molecule is CCOC(=O)[C@@H]1C(=O)NC(N2CCN(Cc3ccc4c(c3)OCO4)CC2)=N[C@H]1c1ccc(C)cc1. The summed E-state index contributed by atoms with van der Waals surface area (Å²) in [6.45, 7) is 8.09. The summed E-state index contributed by atoms with van der Waals surface area (Å²) in [5.74, 6) is 0.166. The summed E-state index contributed by atoms with van der Waals surface area (Å²) in [7, 11) is 0. The first-order chi connectivity index (χ1) is 17.0. The number of ether oxygens (including phenoxy) is 3. The molecule has 0 unspecified atom stereocenters. The first-order valence-electron chi connectivity index (χ1n) is 12.0. The summed E-state index contributed by atoms with van der Waals surface area (Å²) in [6, 6.07) is 13.2. The molecule has 2 aromatic carbocycles. The Morgan fingerprint density at radius 1 is 1.09 bits per heavy atom. The number of carbonyl (C=O) groups is 2. The molecule has 1 N–H and O–H groups in total. The molecule has 0 aliphatic carbocycles. The van der Waals surface area contributed by atoms with Crippen molar-refractivity contribution in [1.29, 1.82) is 0 Å². The molecule has 9 nitrogen and oxygen atoms in total. The van der Waals surface area contributed by atoms with Gasteiger partial charge in [-0.1, -0.05) is 35.9 Å². The van der Waals surface area contributed by atoms with E-state index in [1.807, 2.05) is 43.3 Å². The lowest BCUT2D eigenvalue weighted by atomic mass is 9.91. The van der Waals surface area contributed by atoms with Gasteiger partial charge in [-0.2, -0.15) is 0 Å². The second-order valence-electron chi connectivity index (χ2n) is 8.98. The van der Waals surface area contributed by atoms with E-state index in [0.29, 0.717) is 19.0 Å². The first-order valence-corrected chi connectivity index (χ1v) is 12.0. The fraction of sp³-hybridized carbons (Fsp3) is 0.423. The number of hydrogen-bond donors (Lipinski definition) is 1. The molecule has 2 aromatic rings. The number of nitrogens with one attached hydrogen (secondary N) is 1. The van der Waals surface area contributed by atoms with Gasteiger partial charge in [0.2, 0.25) is 18.7 Å². The van der Waals surface area contributed by atoms with Gasteiger partial charge in [-0.25, -0.2) is 4.99 Å². The zero-order chi connectivity index (χ0) is 24.4. The van der Waals surface area contributed by atoms with Gasteiger partial charge in [0.05, 0.1) is 6.61 Å². The fourth-order valence-electron chi connectivity index (χ4n) is 4.64. The van der Waals surface area contributed by atoms with Gasteiger partial charge >= 0.3 is 5.97 Å². The number of fused-ring (bicyclic) bond motifs is 1. The molecule has 3 aliphatic rings. The van der Waals surface area contributed by atoms with E-state index in [-0.39, 0.29) is 19.3 Å². The zero-order valence-corrected chi connectivity index (χ0v) is 20.0. The van der Waals surface area contributed by atoms with Gasteiger partial charge in [-0.05, 0) is 37.1 Å². The second kappa shape index (κ2) is 9.95. The van der Waals surface area contributed by atoms with Crippen LogP contribution in [0.15, 0.2) is 47.5 Å². The molecule has 1 fully saturated rings. The lowest BCUT2D eigenvalue weighted by molar-refractivity contribution is -0.153. The van der Waals surface area contributed by atoms with E-state index in [9.17, 15) is 9.59 Å². The monoisotopic (exact) mass is 478 g/mol. The van der Waals surface area contributed by atoms with Crippen LogP contribution >= 0.6 is 0 Å². The molecule has 0 aromatic heterocycles. The number of amides is 1. The Morgan fingerprint density at radius 2 is 1.83 bits per heavy atom. The highest BCUT2D eigenvalue weighted by atomic mass is 16.7. The summed E-state index contributed by atoms with van der Waals surface area (Å²) in [5.41, 5.74) is 3.09. The van der Waals surface area contributed by atoms with Crippen LogP contribution in [0.5, 0.6) is 11.5 Å². The summed E-state index contributed by atoms with van der Waals surface area (Å²) >= 11 is 0. The number of rotatable bonds is 5. The predicted molar refractivity (Wildman–Crippen MR) is 129 cm³/mol. The minimum atomic E-state index is -1.01. The number of guanidine groups is 1. The third-order valence-electron chi connectivity index (χ3n) is 6.57. The average molecular weight is 479 g/mol. The van der Waals surface area contributed by atoms with Crippen molar-refractivity contribution in [3.8, 4) is 11.5 Å². The van der Waals surface area contributed by atoms with Crippen molar-refractivity contribution in [3.05, 3.63) is 59.2 Å². The number of benzene rings is 2. The van der Waals surface area contributed by atoms with E-state index in [1.165, 1.54) is 5.56 Å². The standard InChI is InChI=1S/C26H30N4O5/c1-3-33-25(32)22-23(19-7-4-17(2)5-8-19)27-26(28-24(22)31)30-12-10-29(11-13-30)15-18-6-9-20-21(14-18)35-16-34-20/h4-9,14,22-23H,3,10-13,15-16H2,1-2H3,(H,27,28,31)/t22-,23-/m0/s1. The third kappa shape index (κ3) is 4.95. The quantitative estimate of drug-likeness (QED) is 0.521. The van der Waals surface area contributed by atoms with E-state index in [0.717, 1.165) is 42.3 Å². The van der Waals surface area contributed by atoms with E-state index in [4.69, 9.17) is 19.2 Å². The molecular formula is C26H30N4O5. The van der Waals surface area contributed by atoms with E-state index in [2.05, 4.69) is 21.2 Å². The number of carbonyl (C=O) groups excluding carboxylic acids is 2. The van der Waals surface area contributed by atoms with E-state index in [1.54, 1.807) is 6.92 Å². The summed E-state index contributed by atoms with van der Waals surface area (Å²) in [5, 5.41) is 2.87. The minimum Gasteiger partial charge on any atom is -0.465 e. The Kier molecular flexibility index (Phi) is 6.59. The van der Waals surface area contributed by atoms with Crippen LogP contribution in [0.4, 0.5) is 0 Å². The molecule has 3 aliphatic heterocycles. The molecular weight excluding hydrogens is 448 g/mol. The molecule has 9 heteroatoms. The van der Waals surface area contributed by atoms with E-state index >= 15 is 0 Å². The highest BCUT2D eigenvalue weighted by Gasteiger charge is 2.42. The maximum Gasteiger partial charge on any atom is 0.321 e. The normalized spacial score (nSPS) is 21.9. The summed E-state index contributed by atoms with van der Waals surface area (Å²) in [6.07, 6.45) is 0. The second-order valence-corrected chi connectivity index (χ2v) is 8.98. The number of aryl methyl sites for hydroxylation is 1. The van der Waals surface area contributed by atoms with Crippen molar-refractivity contribution in [1.82, 2.24) is 15.1 Å². The van der Waals surface area contributed by atoms with Crippen molar-refractivity contribution in [3.63, 3.8) is 0 Å². The maximum absolute atomic E-state index is 13.1. The van der Waals surface area contributed by atoms with Crippen LogP contribution in [0.2, 0.25) is 0 Å². The highest BCUT2D eigenvalue weighted by Crippen LogP contribution is 2.33. The average Bonchev–Trinajstić information content (AvgIpc) is 3.32. The van der Waals surface area contributed by atoms with Gasteiger partial charge in [0.15, 0.2) is 17.4 Å². The maximum atomic E-state index is 13.1. The molecule has 0 saturated carbocycles. The Hall–Kier alpha value is -3.59. The highest BCUT2D eigenvalue weighted by molar-refractivity contribution is 6.08.